The molecule has 2 N–H and O–H groups in total. The van der Waals surface area contributed by atoms with Crippen LogP contribution in [0.3, 0.4) is 0 Å². The summed E-state index contributed by atoms with van der Waals surface area (Å²) >= 11 is 0. The van der Waals surface area contributed by atoms with E-state index in [2.05, 4.69) is 12.1 Å². The summed E-state index contributed by atoms with van der Waals surface area (Å²) in [5.41, 5.74) is 10.8. The summed E-state index contributed by atoms with van der Waals surface area (Å²) in [6, 6.07) is 14.3. The summed E-state index contributed by atoms with van der Waals surface area (Å²) in [5.74, 6) is -0.138. The molecular weight excluding hydrogens is 429 g/mol. The molecule has 34 heavy (non-hydrogen) atoms. The van der Waals surface area contributed by atoms with Crippen LogP contribution in [-0.2, 0) is 0 Å². The van der Waals surface area contributed by atoms with Gasteiger partial charge in [-0.15, -0.1) is 0 Å². The number of carbonyl (C=O) groups is 1. The summed E-state index contributed by atoms with van der Waals surface area (Å²) in [5, 5.41) is 13.8. The molecule has 2 heterocycles. The van der Waals surface area contributed by atoms with Gasteiger partial charge in [0.1, 0.15) is 11.9 Å². The molecule has 7 heteroatoms. The lowest BCUT2D eigenvalue weighted by atomic mass is 10.0. The second-order valence-electron chi connectivity index (χ2n) is 9.46. The molecule has 2 aromatic carbocycles. The number of benzene rings is 2. The van der Waals surface area contributed by atoms with Gasteiger partial charge in [-0.25, -0.2) is 9.07 Å². The minimum absolute atomic E-state index is 0.0189. The zero-order chi connectivity index (χ0) is 23.8. The first kappa shape index (κ1) is 22.3. The van der Waals surface area contributed by atoms with E-state index in [-0.39, 0.29) is 17.5 Å². The van der Waals surface area contributed by atoms with Crippen LogP contribution in [0.5, 0.6) is 0 Å². The zero-order valence-electron chi connectivity index (χ0n) is 19.3. The second-order valence-corrected chi connectivity index (χ2v) is 9.46. The second kappa shape index (κ2) is 9.03. The summed E-state index contributed by atoms with van der Waals surface area (Å²) < 4.78 is 16.2. The van der Waals surface area contributed by atoms with Crippen molar-refractivity contribution in [1.29, 1.82) is 5.26 Å². The van der Waals surface area contributed by atoms with Crippen molar-refractivity contribution in [2.24, 2.45) is 5.73 Å². The highest BCUT2D eigenvalue weighted by Crippen LogP contribution is 2.41. The Bertz CT molecular complexity index is 1290. The fourth-order valence-corrected chi connectivity index (χ4v) is 4.75. The van der Waals surface area contributed by atoms with Crippen molar-refractivity contribution in [2.75, 3.05) is 13.1 Å². The molecule has 1 amide bonds. The van der Waals surface area contributed by atoms with Gasteiger partial charge in [-0.2, -0.15) is 10.4 Å². The van der Waals surface area contributed by atoms with Gasteiger partial charge in [0.15, 0.2) is 5.69 Å². The van der Waals surface area contributed by atoms with E-state index in [1.165, 1.54) is 30.5 Å². The van der Waals surface area contributed by atoms with Gasteiger partial charge >= 0.3 is 0 Å². The maximum atomic E-state index is 14.5. The summed E-state index contributed by atoms with van der Waals surface area (Å²) in [6.45, 7) is 3.18. The maximum absolute atomic E-state index is 14.5. The number of hydrogen-bond donors (Lipinski definition) is 1. The van der Waals surface area contributed by atoms with Gasteiger partial charge in [0.2, 0.25) is 0 Å². The Morgan fingerprint density at radius 2 is 1.97 bits per heavy atom. The zero-order valence-corrected chi connectivity index (χ0v) is 19.3. The maximum Gasteiger partial charge on any atom is 0.274 e. The number of nitrogens with zero attached hydrogens (tertiary/aromatic N) is 4. The standard InChI is InChI=1S/C27H28FN5O/c1-17-12-19(18-5-6-18)9-10-25(17)33-26(20-7-8-21(15-29)23(28)13-20)14-24(31-33)27(34)32-11-3-2-4-22(30)16-32/h7-10,12-14,18,22H,2-6,11,16,30H2,1H3/t22-/m1/s1. The Balaban J connectivity index is 1.59. The molecule has 1 atom stereocenters. The average molecular weight is 458 g/mol. The monoisotopic (exact) mass is 457 g/mol. The normalized spacial score (nSPS) is 18.4. The topological polar surface area (TPSA) is 87.9 Å². The Morgan fingerprint density at radius 3 is 2.68 bits per heavy atom. The van der Waals surface area contributed by atoms with Crippen LogP contribution in [0, 0.1) is 24.1 Å². The molecule has 1 aromatic heterocycles. The van der Waals surface area contributed by atoms with Gasteiger partial charge < -0.3 is 10.6 Å². The minimum atomic E-state index is -0.597. The summed E-state index contributed by atoms with van der Waals surface area (Å²) in [7, 11) is 0. The third-order valence-electron chi connectivity index (χ3n) is 6.81. The molecule has 6 nitrogen and oxygen atoms in total. The molecule has 0 radical (unpaired) electrons. The number of nitriles is 1. The number of amides is 1. The molecule has 0 bridgehead atoms. The average Bonchev–Trinajstić information content (AvgIpc) is 3.62. The molecule has 2 aliphatic rings. The van der Waals surface area contributed by atoms with Crippen LogP contribution in [-0.4, -0.2) is 39.7 Å². The van der Waals surface area contributed by atoms with Crippen LogP contribution in [0.15, 0.2) is 42.5 Å². The smallest absolute Gasteiger partial charge is 0.274 e. The first-order valence-corrected chi connectivity index (χ1v) is 11.9. The molecule has 174 valence electrons. The van der Waals surface area contributed by atoms with Crippen molar-refractivity contribution in [2.45, 2.75) is 51.0 Å². The Kier molecular flexibility index (Phi) is 5.93. The van der Waals surface area contributed by atoms with E-state index < -0.39 is 5.82 Å². The predicted octanol–water partition coefficient (Wildman–Crippen LogP) is 4.69. The molecule has 3 aromatic rings. The van der Waals surface area contributed by atoms with Crippen LogP contribution in [0.25, 0.3) is 16.9 Å². The molecule has 0 unspecified atom stereocenters. The molecule has 2 fully saturated rings. The van der Waals surface area contributed by atoms with E-state index in [1.54, 1.807) is 21.7 Å². The van der Waals surface area contributed by atoms with Gasteiger partial charge in [0.05, 0.1) is 16.9 Å². The van der Waals surface area contributed by atoms with Crippen molar-refractivity contribution in [3.8, 4) is 23.0 Å². The fourth-order valence-electron chi connectivity index (χ4n) is 4.75. The van der Waals surface area contributed by atoms with Crippen molar-refractivity contribution in [3.63, 3.8) is 0 Å². The Morgan fingerprint density at radius 1 is 1.15 bits per heavy atom. The van der Waals surface area contributed by atoms with Crippen molar-refractivity contribution >= 4 is 5.91 Å². The number of halogens is 1. The van der Waals surface area contributed by atoms with Crippen LogP contribution in [0.1, 0.15) is 65.2 Å². The number of aromatic nitrogens is 2. The van der Waals surface area contributed by atoms with E-state index in [0.29, 0.717) is 36.0 Å². The SMILES string of the molecule is Cc1cc(C2CC2)ccc1-n1nc(C(=O)N2CCCC[C@@H](N)C2)cc1-c1ccc(C#N)c(F)c1. The lowest BCUT2D eigenvalue weighted by Gasteiger charge is -2.21. The largest absolute Gasteiger partial charge is 0.336 e. The molecule has 1 aliphatic heterocycles. The number of aryl methyl sites for hydroxylation is 1. The number of nitrogens with two attached hydrogens (primary N) is 1. The van der Waals surface area contributed by atoms with Crippen LogP contribution in [0.2, 0.25) is 0 Å². The van der Waals surface area contributed by atoms with Crippen molar-refractivity contribution < 1.29 is 9.18 Å². The van der Waals surface area contributed by atoms with Crippen molar-refractivity contribution in [1.82, 2.24) is 14.7 Å². The lowest BCUT2D eigenvalue weighted by molar-refractivity contribution is 0.0748. The lowest BCUT2D eigenvalue weighted by Crippen LogP contribution is -2.39. The third kappa shape index (κ3) is 4.34. The first-order chi connectivity index (χ1) is 16.4. The molecule has 0 spiro atoms. The number of carbonyl (C=O) groups excluding carboxylic acids is 1. The van der Waals surface area contributed by atoms with Crippen LogP contribution < -0.4 is 5.73 Å². The number of likely N-dealkylation sites (tertiary alicyclic amines) is 1. The predicted molar refractivity (Wildman–Crippen MR) is 128 cm³/mol. The molecular formula is C27H28FN5O. The van der Waals surface area contributed by atoms with Crippen LogP contribution in [0.4, 0.5) is 4.39 Å². The van der Waals surface area contributed by atoms with E-state index in [4.69, 9.17) is 16.1 Å². The van der Waals surface area contributed by atoms with Gasteiger partial charge in [-0.3, -0.25) is 4.79 Å². The Hall–Kier alpha value is -3.50. The summed E-state index contributed by atoms with van der Waals surface area (Å²) in [4.78, 5) is 15.2. The first-order valence-electron chi connectivity index (χ1n) is 11.9. The molecule has 1 aliphatic carbocycles. The van der Waals surface area contributed by atoms with Gasteiger partial charge in [-0.1, -0.05) is 24.6 Å². The molecule has 1 saturated heterocycles. The van der Waals surface area contributed by atoms with Crippen LogP contribution >= 0.6 is 0 Å². The third-order valence-corrected chi connectivity index (χ3v) is 6.81. The highest BCUT2D eigenvalue weighted by Gasteiger charge is 2.27. The van der Waals surface area contributed by atoms with E-state index in [0.717, 1.165) is 30.5 Å². The quantitative estimate of drug-likeness (QED) is 0.616. The van der Waals surface area contributed by atoms with Gasteiger partial charge in [0.25, 0.3) is 5.91 Å². The molecule has 5 rings (SSSR count). The summed E-state index contributed by atoms with van der Waals surface area (Å²) in [6.07, 6.45) is 5.25. The number of hydrogen-bond acceptors (Lipinski definition) is 4. The van der Waals surface area contributed by atoms with E-state index >= 15 is 0 Å². The van der Waals surface area contributed by atoms with Crippen molar-refractivity contribution in [3.05, 3.63) is 70.7 Å². The van der Waals surface area contributed by atoms with E-state index in [9.17, 15) is 9.18 Å². The van der Waals surface area contributed by atoms with Gasteiger partial charge in [0, 0.05) is 24.7 Å². The minimum Gasteiger partial charge on any atom is -0.336 e. The molecule has 1 saturated carbocycles. The van der Waals surface area contributed by atoms with Gasteiger partial charge in [-0.05, 0) is 73.9 Å². The van der Waals surface area contributed by atoms with E-state index in [1.807, 2.05) is 19.1 Å². The number of rotatable bonds is 4. The highest BCUT2D eigenvalue weighted by molar-refractivity contribution is 5.93. The Labute approximate surface area is 198 Å². The highest BCUT2D eigenvalue weighted by atomic mass is 19.1. The fraction of sp³-hybridized carbons (Fsp3) is 0.370.